The Morgan fingerprint density at radius 1 is 1.00 bits per heavy atom. The van der Waals surface area contributed by atoms with Crippen molar-refractivity contribution >= 4 is 23.5 Å². The second-order valence-electron chi connectivity index (χ2n) is 6.34. The molecule has 162 valence electrons. The van der Waals surface area contributed by atoms with Gasteiger partial charge in [-0.2, -0.15) is 0 Å². The molecule has 0 atom stereocenters. The van der Waals surface area contributed by atoms with E-state index in [4.69, 9.17) is 9.47 Å². The highest BCUT2D eigenvalue weighted by atomic mass is 16.5. The largest absolute Gasteiger partial charge is 0.465 e. The molecule has 0 fully saturated rings. The molecule has 0 aliphatic heterocycles. The SMILES string of the molecule is CCOC(=O)Cn1cc(-c2ccc(NC(=O)c3cn(CCOC(C)=O)nn3)cc2)nn1. The molecule has 3 rings (SSSR count). The van der Waals surface area contributed by atoms with E-state index in [1.807, 2.05) is 0 Å². The first-order chi connectivity index (χ1) is 14.9. The number of hydrogen-bond donors (Lipinski definition) is 1. The van der Waals surface area contributed by atoms with Crippen molar-refractivity contribution in [2.45, 2.75) is 26.9 Å². The van der Waals surface area contributed by atoms with Gasteiger partial charge in [-0.25, -0.2) is 9.36 Å². The van der Waals surface area contributed by atoms with Crippen molar-refractivity contribution in [2.75, 3.05) is 18.5 Å². The zero-order valence-electron chi connectivity index (χ0n) is 17.0. The lowest BCUT2D eigenvalue weighted by Crippen LogP contribution is -2.13. The van der Waals surface area contributed by atoms with Gasteiger partial charge in [0.05, 0.1) is 25.5 Å². The highest BCUT2D eigenvalue weighted by Crippen LogP contribution is 2.19. The van der Waals surface area contributed by atoms with E-state index < -0.39 is 5.91 Å². The maximum absolute atomic E-state index is 12.3. The van der Waals surface area contributed by atoms with Gasteiger partial charge in [0.15, 0.2) is 5.69 Å². The minimum atomic E-state index is -0.424. The molecule has 12 heteroatoms. The van der Waals surface area contributed by atoms with Crippen LogP contribution in [-0.4, -0.2) is 61.0 Å². The summed E-state index contributed by atoms with van der Waals surface area (Å²) in [5, 5.41) is 18.3. The Morgan fingerprint density at radius 3 is 2.45 bits per heavy atom. The lowest BCUT2D eigenvalue weighted by atomic mass is 10.1. The predicted octanol–water partition coefficient (Wildman–Crippen LogP) is 0.915. The molecule has 1 N–H and O–H groups in total. The van der Waals surface area contributed by atoms with Gasteiger partial charge in [-0.1, -0.05) is 22.6 Å². The van der Waals surface area contributed by atoms with Gasteiger partial charge in [-0.05, 0) is 19.1 Å². The van der Waals surface area contributed by atoms with Crippen LogP contribution in [0.3, 0.4) is 0 Å². The van der Waals surface area contributed by atoms with E-state index in [1.165, 1.54) is 22.5 Å². The summed E-state index contributed by atoms with van der Waals surface area (Å²) in [5.41, 5.74) is 2.04. The normalized spacial score (nSPS) is 10.5. The minimum absolute atomic E-state index is 0.0173. The van der Waals surface area contributed by atoms with Gasteiger partial charge >= 0.3 is 11.9 Å². The van der Waals surface area contributed by atoms with Gasteiger partial charge in [0.25, 0.3) is 5.91 Å². The number of amides is 1. The number of nitrogens with one attached hydrogen (secondary N) is 1. The van der Waals surface area contributed by atoms with Crippen molar-refractivity contribution in [2.24, 2.45) is 0 Å². The molecule has 1 amide bonds. The van der Waals surface area contributed by atoms with E-state index >= 15 is 0 Å². The van der Waals surface area contributed by atoms with Crippen molar-refractivity contribution < 1.29 is 23.9 Å². The summed E-state index contributed by atoms with van der Waals surface area (Å²) in [6.07, 6.45) is 3.10. The molecule has 31 heavy (non-hydrogen) atoms. The Labute approximate surface area is 177 Å². The zero-order valence-corrected chi connectivity index (χ0v) is 17.0. The molecule has 0 spiro atoms. The number of carbonyl (C=O) groups is 3. The van der Waals surface area contributed by atoms with Crippen LogP contribution in [0.1, 0.15) is 24.3 Å². The summed E-state index contributed by atoms with van der Waals surface area (Å²) in [7, 11) is 0. The van der Waals surface area contributed by atoms with Crippen LogP contribution in [0.5, 0.6) is 0 Å². The van der Waals surface area contributed by atoms with Crippen LogP contribution >= 0.6 is 0 Å². The fourth-order valence-electron chi connectivity index (χ4n) is 2.56. The van der Waals surface area contributed by atoms with Crippen LogP contribution in [0.15, 0.2) is 36.7 Å². The van der Waals surface area contributed by atoms with Gasteiger partial charge in [-0.3, -0.25) is 14.4 Å². The smallest absolute Gasteiger partial charge is 0.327 e. The van der Waals surface area contributed by atoms with Crippen molar-refractivity contribution in [3.05, 3.63) is 42.4 Å². The highest BCUT2D eigenvalue weighted by molar-refractivity contribution is 6.02. The molecule has 0 unspecified atom stereocenters. The lowest BCUT2D eigenvalue weighted by molar-refractivity contribution is -0.144. The quantitative estimate of drug-likeness (QED) is 0.493. The third kappa shape index (κ3) is 6.19. The van der Waals surface area contributed by atoms with E-state index in [2.05, 4.69) is 25.9 Å². The van der Waals surface area contributed by atoms with Crippen LogP contribution in [0.4, 0.5) is 5.69 Å². The van der Waals surface area contributed by atoms with E-state index in [0.29, 0.717) is 24.5 Å². The van der Waals surface area contributed by atoms with Crippen LogP contribution in [0, 0.1) is 0 Å². The van der Waals surface area contributed by atoms with E-state index in [-0.39, 0.29) is 30.8 Å². The molecule has 0 aliphatic rings. The molecule has 2 heterocycles. The standard InChI is InChI=1S/C19H21N7O5/c1-3-30-18(28)12-26-10-16(21-24-26)14-4-6-15(7-5-14)20-19(29)17-11-25(23-22-17)8-9-31-13(2)27/h4-7,10-11H,3,8-9,12H2,1-2H3,(H,20,29). The van der Waals surface area contributed by atoms with Gasteiger partial charge < -0.3 is 14.8 Å². The maximum Gasteiger partial charge on any atom is 0.327 e. The molecule has 0 saturated carbocycles. The first kappa shape index (κ1) is 21.6. The van der Waals surface area contributed by atoms with Crippen molar-refractivity contribution in [1.29, 1.82) is 0 Å². The molecular formula is C19H21N7O5. The summed E-state index contributed by atoms with van der Waals surface area (Å²) in [5.74, 6) is -1.20. The summed E-state index contributed by atoms with van der Waals surface area (Å²) in [4.78, 5) is 34.6. The summed E-state index contributed by atoms with van der Waals surface area (Å²) in [6.45, 7) is 3.78. The van der Waals surface area contributed by atoms with Gasteiger partial charge in [-0.15, -0.1) is 10.2 Å². The number of esters is 2. The van der Waals surface area contributed by atoms with Gasteiger partial charge in [0, 0.05) is 18.2 Å². The number of nitrogens with zero attached hydrogens (tertiary/aromatic N) is 6. The molecule has 0 saturated heterocycles. The van der Waals surface area contributed by atoms with Crippen molar-refractivity contribution in [1.82, 2.24) is 30.0 Å². The second kappa shape index (κ2) is 10.1. The Morgan fingerprint density at radius 2 is 1.74 bits per heavy atom. The number of hydrogen-bond acceptors (Lipinski definition) is 9. The fraction of sp³-hybridized carbons (Fsp3) is 0.316. The average molecular weight is 427 g/mol. The third-order valence-electron chi connectivity index (χ3n) is 3.97. The van der Waals surface area contributed by atoms with E-state index in [0.717, 1.165) is 5.56 Å². The molecule has 0 radical (unpaired) electrons. The van der Waals surface area contributed by atoms with E-state index in [9.17, 15) is 14.4 Å². The second-order valence-corrected chi connectivity index (χ2v) is 6.34. The van der Waals surface area contributed by atoms with Crippen molar-refractivity contribution in [3.63, 3.8) is 0 Å². The number of anilines is 1. The summed E-state index contributed by atoms with van der Waals surface area (Å²) < 4.78 is 12.5. The van der Waals surface area contributed by atoms with Crippen LogP contribution in [0.25, 0.3) is 11.3 Å². The zero-order chi connectivity index (χ0) is 22.2. The molecule has 12 nitrogen and oxygen atoms in total. The fourth-order valence-corrected chi connectivity index (χ4v) is 2.56. The summed E-state index contributed by atoms with van der Waals surface area (Å²) >= 11 is 0. The molecule has 0 bridgehead atoms. The monoisotopic (exact) mass is 427 g/mol. The van der Waals surface area contributed by atoms with Crippen LogP contribution in [-0.2, 0) is 32.2 Å². The average Bonchev–Trinajstić information content (AvgIpc) is 3.38. The predicted molar refractivity (Wildman–Crippen MR) is 107 cm³/mol. The topological polar surface area (TPSA) is 143 Å². The van der Waals surface area contributed by atoms with Crippen LogP contribution in [0.2, 0.25) is 0 Å². The van der Waals surface area contributed by atoms with Crippen LogP contribution < -0.4 is 5.32 Å². The number of ether oxygens (including phenoxy) is 2. The van der Waals surface area contributed by atoms with E-state index in [1.54, 1.807) is 37.4 Å². The van der Waals surface area contributed by atoms with Crippen molar-refractivity contribution in [3.8, 4) is 11.3 Å². The Bertz CT molecular complexity index is 1060. The Balaban J connectivity index is 1.56. The molecular weight excluding hydrogens is 406 g/mol. The lowest BCUT2D eigenvalue weighted by Gasteiger charge is -2.04. The van der Waals surface area contributed by atoms with Gasteiger partial charge in [0.2, 0.25) is 0 Å². The number of rotatable bonds is 9. The molecule has 1 aromatic carbocycles. The number of aromatic nitrogens is 6. The number of carbonyl (C=O) groups excluding carboxylic acids is 3. The third-order valence-corrected chi connectivity index (χ3v) is 3.97. The van der Waals surface area contributed by atoms with Gasteiger partial charge in [0.1, 0.15) is 18.8 Å². The number of benzene rings is 1. The summed E-state index contributed by atoms with van der Waals surface area (Å²) in [6, 6.07) is 6.96. The first-order valence-corrected chi connectivity index (χ1v) is 9.45. The minimum Gasteiger partial charge on any atom is -0.465 e. The molecule has 3 aromatic rings. The Kier molecular flexibility index (Phi) is 7.04. The highest BCUT2D eigenvalue weighted by Gasteiger charge is 2.12. The molecule has 0 aliphatic carbocycles. The first-order valence-electron chi connectivity index (χ1n) is 9.45. The Hall–Kier alpha value is -4.09. The maximum atomic E-state index is 12.3. The molecule has 2 aromatic heterocycles.